The Morgan fingerprint density at radius 2 is 1.97 bits per heavy atom. The summed E-state index contributed by atoms with van der Waals surface area (Å²) >= 11 is 0. The zero-order valence-electron chi connectivity index (χ0n) is 19.6. The maximum atomic E-state index is 12.5. The summed E-state index contributed by atoms with van der Waals surface area (Å²) in [5.41, 5.74) is 2.62. The number of ether oxygens (including phenoxy) is 1. The Morgan fingerprint density at radius 1 is 1.15 bits per heavy atom. The van der Waals surface area contributed by atoms with Gasteiger partial charge in [-0.1, -0.05) is 18.2 Å². The highest BCUT2D eigenvalue weighted by atomic mass is 16.5. The topological polar surface area (TPSA) is 99.6 Å². The number of aliphatic hydroxyl groups excluding tert-OH is 1. The van der Waals surface area contributed by atoms with Crippen LogP contribution < -0.4 is 15.5 Å². The molecule has 2 aromatic heterocycles. The fourth-order valence-electron chi connectivity index (χ4n) is 4.80. The van der Waals surface area contributed by atoms with Gasteiger partial charge in [0.25, 0.3) is 0 Å². The molecule has 2 aliphatic rings. The molecule has 1 aromatic carbocycles. The molecule has 34 heavy (non-hydrogen) atoms. The number of hydrogen-bond acceptors (Lipinski definition) is 7. The molecule has 2 fully saturated rings. The molecule has 2 saturated heterocycles. The highest BCUT2D eigenvalue weighted by Crippen LogP contribution is 2.26. The zero-order chi connectivity index (χ0) is 23.7. The minimum Gasteiger partial charge on any atom is -0.390 e. The van der Waals surface area contributed by atoms with Crippen LogP contribution >= 0.6 is 0 Å². The number of aromatic nitrogens is 2. The molecule has 1 amide bonds. The van der Waals surface area contributed by atoms with Crippen LogP contribution in [-0.4, -0.2) is 71.5 Å². The molecule has 4 atom stereocenters. The van der Waals surface area contributed by atoms with Crippen molar-refractivity contribution in [3.63, 3.8) is 0 Å². The van der Waals surface area contributed by atoms with E-state index < -0.39 is 6.10 Å². The van der Waals surface area contributed by atoms with Crippen molar-refractivity contribution >= 4 is 22.5 Å². The van der Waals surface area contributed by atoms with Gasteiger partial charge >= 0.3 is 0 Å². The SMILES string of the molecule is C[C@@H]1CN(c2cccc(-c3ccc4cnc(CC(=O)N[C@H]5CNC[C@@H]5O)cc4c3)n2)C[C@H](C)O1. The number of carbonyl (C=O) groups excluding carboxylic acids is 1. The molecule has 0 aliphatic carbocycles. The van der Waals surface area contributed by atoms with Crippen molar-refractivity contribution in [3.05, 3.63) is 54.4 Å². The number of β-amino-alcohol motifs (C(OH)–C–C–N with tert-alkyl or cyclic N) is 1. The first kappa shape index (κ1) is 22.7. The molecule has 0 saturated carbocycles. The van der Waals surface area contributed by atoms with Crippen LogP contribution in [0.2, 0.25) is 0 Å². The van der Waals surface area contributed by atoms with Crippen molar-refractivity contribution < 1.29 is 14.6 Å². The number of carbonyl (C=O) groups is 1. The van der Waals surface area contributed by atoms with E-state index in [0.717, 1.165) is 40.9 Å². The van der Waals surface area contributed by atoms with Gasteiger partial charge in [0.1, 0.15) is 5.82 Å². The number of amides is 1. The predicted molar refractivity (Wildman–Crippen MR) is 132 cm³/mol. The lowest BCUT2D eigenvalue weighted by Crippen LogP contribution is -2.45. The van der Waals surface area contributed by atoms with Gasteiger partial charge in [0.05, 0.1) is 42.2 Å². The highest BCUT2D eigenvalue weighted by molar-refractivity contribution is 5.87. The number of hydrogen-bond donors (Lipinski definition) is 3. The molecular formula is C26H31N5O3. The molecule has 5 rings (SSSR count). The van der Waals surface area contributed by atoms with Crippen LogP contribution in [0.3, 0.4) is 0 Å². The van der Waals surface area contributed by atoms with Crippen LogP contribution in [0.25, 0.3) is 22.0 Å². The average molecular weight is 462 g/mol. The van der Waals surface area contributed by atoms with Gasteiger partial charge in [-0.3, -0.25) is 9.78 Å². The number of morpholine rings is 1. The van der Waals surface area contributed by atoms with Gasteiger partial charge in [0, 0.05) is 43.3 Å². The summed E-state index contributed by atoms with van der Waals surface area (Å²) in [5.74, 6) is 0.814. The molecule has 0 spiro atoms. The first-order valence-corrected chi connectivity index (χ1v) is 11.9. The first-order chi connectivity index (χ1) is 16.4. The summed E-state index contributed by atoms with van der Waals surface area (Å²) in [6.45, 7) is 6.91. The maximum absolute atomic E-state index is 12.5. The van der Waals surface area contributed by atoms with Gasteiger partial charge in [-0.2, -0.15) is 0 Å². The Labute approximate surface area is 199 Å². The Bertz CT molecular complexity index is 1180. The van der Waals surface area contributed by atoms with Gasteiger partial charge in [0.2, 0.25) is 5.91 Å². The minimum absolute atomic E-state index is 0.140. The van der Waals surface area contributed by atoms with Gasteiger partial charge < -0.3 is 25.4 Å². The van der Waals surface area contributed by atoms with Crippen LogP contribution in [0.15, 0.2) is 48.7 Å². The van der Waals surface area contributed by atoms with Crippen LogP contribution in [0.1, 0.15) is 19.5 Å². The summed E-state index contributed by atoms with van der Waals surface area (Å²) in [5, 5.41) is 17.9. The molecule has 8 heteroatoms. The van der Waals surface area contributed by atoms with E-state index in [-0.39, 0.29) is 30.6 Å². The molecule has 4 heterocycles. The maximum Gasteiger partial charge on any atom is 0.226 e. The van der Waals surface area contributed by atoms with Crippen molar-refractivity contribution in [1.29, 1.82) is 0 Å². The van der Waals surface area contributed by atoms with Crippen molar-refractivity contribution in [2.24, 2.45) is 0 Å². The number of benzene rings is 1. The van der Waals surface area contributed by atoms with E-state index >= 15 is 0 Å². The Balaban J connectivity index is 1.35. The Morgan fingerprint density at radius 3 is 2.74 bits per heavy atom. The normalized spacial score (nSPS) is 25.0. The molecule has 178 valence electrons. The van der Waals surface area contributed by atoms with E-state index in [1.807, 2.05) is 30.3 Å². The average Bonchev–Trinajstić information content (AvgIpc) is 3.22. The van der Waals surface area contributed by atoms with Gasteiger partial charge in [0.15, 0.2) is 0 Å². The number of fused-ring (bicyclic) bond motifs is 1. The third-order valence-corrected chi connectivity index (χ3v) is 6.42. The Hall–Kier alpha value is -3.07. The fourth-order valence-corrected chi connectivity index (χ4v) is 4.80. The minimum atomic E-state index is -0.553. The summed E-state index contributed by atoms with van der Waals surface area (Å²) in [6, 6.07) is 14.0. The van der Waals surface area contributed by atoms with Gasteiger partial charge in [-0.15, -0.1) is 0 Å². The molecule has 0 radical (unpaired) electrons. The first-order valence-electron chi connectivity index (χ1n) is 11.9. The third-order valence-electron chi connectivity index (χ3n) is 6.42. The molecule has 8 nitrogen and oxygen atoms in total. The lowest BCUT2D eigenvalue weighted by molar-refractivity contribution is -0.121. The summed E-state index contributed by atoms with van der Waals surface area (Å²) in [6.07, 6.45) is 1.76. The quantitative estimate of drug-likeness (QED) is 0.534. The number of aliphatic hydroxyl groups is 1. The Kier molecular flexibility index (Phi) is 6.45. The summed E-state index contributed by atoms with van der Waals surface area (Å²) in [7, 11) is 0. The van der Waals surface area contributed by atoms with Crippen molar-refractivity contribution in [3.8, 4) is 11.3 Å². The van der Waals surface area contributed by atoms with Crippen LogP contribution in [0, 0.1) is 0 Å². The second-order valence-electron chi connectivity index (χ2n) is 9.36. The number of nitrogens with zero attached hydrogens (tertiary/aromatic N) is 3. The molecule has 2 aliphatic heterocycles. The number of rotatable bonds is 5. The van der Waals surface area contributed by atoms with Crippen molar-refractivity contribution in [2.45, 2.75) is 44.6 Å². The molecule has 3 aromatic rings. The third kappa shape index (κ3) is 5.04. The monoisotopic (exact) mass is 461 g/mol. The molecule has 0 unspecified atom stereocenters. The van der Waals surface area contributed by atoms with E-state index in [1.165, 1.54) is 0 Å². The number of pyridine rings is 2. The standard InChI is InChI=1S/C26H31N5O3/c1-16-14-31(15-17(2)34-16)25-5-3-4-22(29-25)18-6-7-19-11-28-21(9-20(19)8-18)10-26(33)30-23-12-27-13-24(23)32/h3-9,11,16-17,23-24,27,32H,10,12-15H2,1-2H3,(H,30,33)/t16-,17+,23-,24-/m0/s1. The van der Waals surface area contributed by atoms with Gasteiger partial charge in [-0.25, -0.2) is 4.98 Å². The van der Waals surface area contributed by atoms with Crippen LogP contribution in [0.5, 0.6) is 0 Å². The van der Waals surface area contributed by atoms with E-state index in [9.17, 15) is 9.90 Å². The molecular weight excluding hydrogens is 430 g/mol. The fraction of sp³-hybridized carbons (Fsp3) is 0.423. The highest BCUT2D eigenvalue weighted by Gasteiger charge is 2.26. The predicted octanol–water partition coefficient (Wildman–Crippen LogP) is 1.90. The van der Waals surface area contributed by atoms with E-state index in [4.69, 9.17) is 9.72 Å². The van der Waals surface area contributed by atoms with Crippen LogP contribution in [0.4, 0.5) is 5.82 Å². The van der Waals surface area contributed by atoms with E-state index in [1.54, 1.807) is 6.20 Å². The molecule has 0 bridgehead atoms. The molecule has 3 N–H and O–H groups in total. The summed E-state index contributed by atoms with van der Waals surface area (Å²) < 4.78 is 5.86. The van der Waals surface area contributed by atoms with Crippen molar-refractivity contribution in [1.82, 2.24) is 20.6 Å². The van der Waals surface area contributed by atoms with Gasteiger partial charge in [-0.05, 0) is 43.5 Å². The van der Waals surface area contributed by atoms with Crippen LogP contribution in [-0.2, 0) is 16.0 Å². The number of anilines is 1. The second-order valence-corrected chi connectivity index (χ2v) is 9.36. The second kappa shape index (κ2) is 9.66. The smallest absolute Gasteiger partial charge is 0.226 e. The zero-order valence-corrected chi connectivity index (χ0v) is 19.6. The number of nitrogens with one attached hydrogen (secondary N) is 2. The van der Waals surface area contributed by atoms with Crippen molar-refractivity contribution in [2.75, 3.05) is 31.1 Å². The largest absolute Gasteiger partial charge is 0.390 e. The van der Waals surface area contributed by atoms with E-state index in [2.05, 4.69) is 46.5 Å². The van der Waals surface area contributed by atoms with E-state index in [0.29, 0.717) is 18.8 Å². The lowest BCUT2D eigenvalue weighted by atomic mass is 10.0. The lowest BCUT2D eigenvalue weighted by Gasteiger charge is -2.36. The summed E-state index contributed by atoms with van der Waals surface area (Å²) in [4.78, 5) is 24.1.